The summed E-state index contributed by atoms with van der Waals surface area (Å²) in [5, 5.41) is 0.534. The normalized spacial score (nSPS) is 12.4. The van der Waals surface area contributed by atoms with Crippen molar-refractivity contribution in [3.8, 4) is 28.6 Å². The molecule has 3 heterocycles. The maximum Gasteiger partial charge on any atom is 0.418 e. The van der Waals surface area contributed by atoms with Crippen molar-refractivity contribution in [2.75, 3.05) is 0 Å². The third kappa shape index (κ3) is 7.46. The van der Waals surface area contributed by atoms with Crippen LogP contribution in [0.2, 0.25) is 18.1 Å². The van der Waals surface area contributed by atoms with Crippen LogP contribution in [-0.4, -0.2) is 23.3 Å². The van der Waals surface area contributed by atoms with Gasteiger partial charge in [0.2, 0.25) is 5.88 Å². The minimum absolute atomic E-state index is 0.0290. The lowest BCUT2D eigenvalue weighted by molar-refractivity contribution is -0.138. The van der Waals surface area contributed by atoms with E-state index in [2.05, 4.69) is 43.8 Å². The second kappa shape index (κ2) is 13.0. The molecule has 0 aliphatic carbocycles. The van der Waals surface area contributed by atoms with Crippen molar-refractivity contribution < 1.29 is 31.5 Å². The van der Waals surface area contributed by atoms with E-state index in [0.29, 0.717) is 27.9 Å². The number of hydrogen-bond donors (Lipinski definition) is 0. The molecule has 6 nitrogen and oxygen atoms in total. The first-order valence-corrected chi connectivity index (χ1v) is 18.1. The van der Waals surface area contributed by atoms with E-state index in [-0.39, 0.29) is 46.7 Å². The van der Waals surface area contributed by atoms with Crippen LogP contribution in [0.3, 0.4) is 0 Å². The molecule has 0 N–H and O–H groups in total. The van der Waals surface area contributed by atoms with Crippen LogP contribution in [0.5, 0.6) is 17.4 Å². The van der Waals surface area contributed by atoms with Gasteiger partial charge in [0.15, 0.2) is 8.32 Å². The van der Waals surface area contributed by atoms with Crippen LogP contribution < -0.4 is 9.47 Å². The number of halogens is 4. The Morgan fingerprint density at radius 3 is 2.26 bits per heavy atom. The predicted molar refractivity (Wildman–Crippen MR) is 176 cm³/mol. The zero-order chi connectivity index (χ0) is 34.1. The van der Waals surface area contributed by atoms with E-state index in [1.165, 1.54) is 25.1 Å². The van der Waals surface area contributed by atoms with Crippen LogP contribution in [0, 0.1) is 19.7 Å². The van der Waals surface area contributed by atoms with Crippen LogP contribution in [0.4, 0.5) is 17.6 Å². The Morgan fingerprint density at radius 1 is 0.851 bits per heavy atom. The molecule has 0 amide bonds. The average molecular weight is 664 g/mol. The van der Waals surface area contributed by atoms with Crippen LogP contribution in [0.25, 0.3) is 22.2 Å². The molecule has 47 heavy (non-hydrogen) atoms. The first-order valence-electron chi connectivity index (χ1n) is 15.2. The molecule has 0 radical (unpaired) electrons. The fourth-order valence-corrected chi connectivity index (χ4v) is 5.82. The number of nitrogens with zero attached hydrogens (tertiary/aromatic N) is 3. The van der Waals surface area contributed by atoms with Gasteiger partial charge in [0.1, 0.15) is 23.9 Å². The summed E-state index contributed by atoms with van der Waals surface area (Å²) in [6.07, 6.45) is -2.37. The van der Waals surface area contributed by atoms with E-state index >= 15 is 0 Å². The number of pyridine rings is 3. The molecule has 5 rings (SSSR count). The Labute approximate surface area is 272 Å². The number of ether oxygens (including phenoxy) is 2. The summed E-state index contributed by atoms with van der Waals surface area (Å²) in [6, 6.07) is 16.7. The Kier molecular flexibility index (Phi) is 9.43. The van der Waals surface area contributed by atoms with Crippen LogP contribution >= 0.6 is 0 Å². The molecule has 0 fully saturated rings. The van der Waals surface area contributed by atoms with Crippen molar-refractivity contribution in [2.45, 2.75) is 72.1 Å². The van der Waals surface area contributed by atoms with Gasteiger partial charge in [-0.2, -0.15) is 13.2 Å². The number of aryl methyl sites for hydroxylation is 1. The zero-order valence-corrected chi connectivity index (χ0v) is 28.4. The number of hydrogen-bond acceptors (Lipinski definition) is 6. The second-order valence-corrected chi connectivity index (χ2v) is 17.8. The van der Waals surface area contributed by atoms with Gasteiger partial charge in [-0.15, -0.1) is 0 Å². The van der Waals surface area contributed by atoms with Gasteiger partial charge in [0.05, 0.1) is 40.0 Å². The van der Waals surface area contributed by atoms with Crippen molar-refractivity contribution in [1.29, 1.82) is 0 Å². The number of aromatic nitrogens is 3. The highest BCUT2D eigenvalue weighted by Gasteiger charge is 2.38. The molecule has 0 unspecified atom stereocenters. The Bertz CT molecular complexity index is 1910. The van der Waals surface area contributed by atoms with Crippen LogP contribution in [0.1, 0.15) is 48.7 Å². The molecule has 0 spiro atoms. The first-order chi connectivity index (χ1) is 22.0. The Balaban J connectivity index is 1.64. The SMILES string of the molecule is Cc1c(C(F)(F)F)cnc(Oc2ccc(F)cc2CO[Si](C)(C)C(C)(C)C)c1-c1cc(OCc2ccccc2)c2c(C)nccc2n1. The van der Waals surface area contributed by atoms with Crippen LogP contribution in [-0.2, 0) is 23.8 Å². The van der Waals surface area contributed by atoms with Crippen molar-refractivity contribution in [3.63, 3.8) is 0 Å². The van der Waals surface area contributed by atoms with Crippen molar-refractivity contribution in [2.24, 2.45) is 0 Å². The van der Waals surface area contributed by atoms with Gasteiger partial charge in [0, 0.05) is 24.0 Å². The summed E-state index contributed by atoms with van der Waals surface area (Å²) < 4.78 is 76.0. The fourth-order valence-electron chi connectivity index (χ4n) is 4.87. The molecule has 246 valence electrons. The summed E-state index contributed by atoms with van der Waals surface area (Å²) >= 11 is 0. The lowest BCUT2D eigenvalue weighted by Crippen LogP contribution is -2.40. The molecular weight excluding hydrogens is 626 g/mol. The van der Waals surface area contributed by atoms with Gasteiger partial charge in [-0.05, 0) is 67.4 Å². The van der Waals surface area contributed by atoms with Gasteiger partial charge in [-0.1, -0.05) is 51.1 Å². The standard InChI is InChI=1S/C36H37F4N3O3Si/c1-22-27(36(38,39)40)19-42-34(46-30-14-13-26(37)17-25(30)21-45-47(6,7)35(3,4)5)32(22)29-18-31(44-20-24-11-9-8-10-12-24)33-23(2)41-16-15-28(33)43-29/h8-19H,20-21H2,1-7H3. The molecule has 11 heteroatoms. The van der Waals surface area contributed by atoms with Crippen molar-refractivity contribution >= 4 is 19.2 Å². The molecule has 2 aromatic carbocycles. The maximum absolute atomic E-state index is 14.5. The topological polar surface area (TPSA) is 66.4 Å². The third-order valence-corrected chi connectivity index (χ3v) is 13.1. The summed E-state index contributed by atoms with van der Waals surface area (Å²) in [5.41, 5.74) is 1.57. The molecule has 5 aromatic rings. The smallest absolute Gasteiger partial charge is 0.418 e. The second-order valence-electron chi connectivity index (χ2n) is 12.9. The lowest BCUT2D eigenvalue weighted by Gasteiger charge is -2.36. The number of benzene rings is 2. The summed E-state index contributed by atoms with van der Waals surface area (Å²) in [7, 11) is -2.24. The quantitative estimate of drug-likeness (QED) is 0.116. The molecule has 0 saturated carbocycles. The van der Waals surface area contributed by atoms with Gasteiger partial charge in [0.25, 0.3) is 0 Å². The number of alkyl halides is 3. The molecule has 3 aromatic heterocycles. The Hall–Kier alpha value is -4.35. The van der Waals surface area contributed by atoms with Gasteiger partial charge in [-0.25, -0.2) is 14.4 Å². The highest BCUT2D eigenvalue weighted by atomic mass is 28.4. The largest absolute Gasteiger partial charge is 0.488 e. The molecule has 0 saturated heterocycles. The van der Waals surface area contributed by atoms with E-state index in [1.807, 2.05) is 37.3 Å². The summed E-state index contributed by atoms with van der Waals surface area (Å²) in [6.45, 7) is 13.9. The van der Waals surface area contributed by atoms with Crippen LogP contribution in [0.15, 0.2) is 73.1 Å². The van der Waals surface area contributed by atoms with Gasteiger partial charge >= 0.3 is 6.18 Å². The molecule has 0 aliphatic heterocycles. The van der Waals surface area contributed by atoms with Crippen molar-refractivity contribution in [3.05, 3.63) is 107 Å². The highest BCUT2D eigenvalue weighted by Crippen LogP contribution is 2.44. The number of rotatable bonds is 9. The average Bonchev–Trinajstić information content (AvgIpc) is 2.99. The third-order valence-electron chi connectivity index (χ3n) is 8.60. The van der Waals surface area contributed by atoms with E-state index in [4.69, 9.17) is 18.9 Å². The van der Waals surface area contributed by atoms with E-state index in [9.17, 15) is 17.6 Å². The molecular formula is C36H37F4N3O3Si. The molecule has 0 aliphatic rings. The maximum atomic E-state index is 14.5. The fraction of sp³-hybridized carbons (Fsp3) is 0.306. The van der Waals surface area contributed by atoms with Crippen molar-refractivity contribution in [1.82, 2.24) is 15.0 Å². The lowest BCUT2D eigenvalue weighted by atomic mass is 10.0. The molecule has 0 atom stereocenters. The monoisotopic (exact) mass is 663 g/mol. The highest BCUT2D eigenvalue weighted by molar-refractivity contribution is 6.74. The number of fused-ring (bicyclic) bond motifs is 1. The predicted octanol–water partition coefficient (Wildman–Crippen LogP) is 10.4. The minimum atomic E-state index is -4.69. The van der Waals surface area contributed by atoms with E-state index < -0.39 is 25.9 Å². The molecule has 0 bridgehead atoms. The van der Waals surface area contributed by atoms with Gasteiger partial charge in [-0.3, -0.25) is 4.98 Å². The van der Waals surface area contributed by atoms with E-state index in [0.717, 1.165) is 11.8 Å². The summed E-state index contributed by atoms with van der Waals surface area (Å²) in [4.78, 5) is 13.3. The Morgan fingerprint density at radius 2 is 1.57 bits per heavy atom. The first kappa shape index (κ1) is 34.0. The zero-order valence-electron chi connectivity index (χ0n) is 27.4. The van der Waals surface area contributed by atoms with E-state index in [1.54, 1.807) is 18.3 Å². The minimum Gasteiger partial charge on any atom is -0.488 e. The summed E-state index contributed by atoms with van der Waals surface area (Å²) in [5.74, 6) is -0.0162. The van der Waals surface area contributed by atoms with Gasteiger partial charge < -0.3 is 13.9 Å².